The van der Waals surface area contributed by atoms with E-state index in [2.05, 4.69) is 46.2 Å². The van der Waals surface area contributed by atoms with Crippen molar-refractivity contribution in [2.24, 2.45) is 0 Å². The molecule has 6 heteroatoms. The Hall–Kier alpha value is -2.18. The van der Waals surface area contributed by atoms with Gasteiger partial charge in [0, 0.05) is 31.3 Å². The zero-order chi connectivity index (χ0) is 17.8. The van der Waals surface area contributed by atoms with E-state index in [4.69, 9.17) is 5.73 Å². The molecule has 0 amide bonds. The average molecular weight is 341 g/mol. The predicted molar refractivity (Wildman–Crippen MR) is 101 cm³/mol. The van der Waals surface area contributed by atoms with Crippen LogP contribution in [0.3, 0.4) is 0 Å². The van der Waals surface area contributed by atoms with Gasteiger partial charge >= 0.3 is 0 Å². The summed E-state index contributed by atoms with van der Waals surface area (Å²) in [6, 6.07) is 8.13. The van der Waals surface area contributed by atoms with E-state index in [-0.39, 0.29) is 12.2 Å². The van der Waals surface area contributed by atoms with E-state index >= 15 is 0 Å². The number of benzene rings is 1. The molecule has 1 fully saturated rings. The Morgan fingerprint density at radius 2 is 2.16 bits per heavy atom. The molecule has 1 aliphatic rings. The van der Waals surface area contributed by atoms with Crippen LogP contribution < -0.4 is 11.1 Å². The minimum atomic E-state index is -0.273. The van der Waals surface area contributed by atoms with E-state index in [0.29, 0.717) is 0 Å². The third kappa shape index (κ3) is 4.27. The molecule has 6 nitrogen and oxygen atoms in total. The summed E-state index contributed by atoms with van der Waals surface area (Å²) >= 11 is 0. The quantitative estimate of drug-likeness (QED) is 0.700. The van der Waals surface area contributed by atoms with Gasteiger partial charge in [-0.2, -0.15) is 4.98 Å². The van der Waals surface area contributed by atoms with Gasteiger partial charge in [0.1, 0.15) is 12.0 Å². The second-order valence-corrected chi connectivity index (χ2v) is 6.68. The summed E-state index contributed by atoms with van der Waals surface area (Å²) in [7, 11) is 0. The number of anilines is 2. The lowest BCUT2D eigenvalue weighted by atomic mass is 10.0. The highest BCUT2D eigenvalue weighted by atomic mass is 16.3. The molecule has 1 saturated heterocycles. The lowest BCUT2D eigenvalue weighted by molar-refractivity contribution is 0.0382. The monoisotopic (exact) mass is 341 g/mol. The zero-order valence-electron chi connectivity index (χ0n) is 15.0. The van der Waals surface area contributed by atoms with Crippen LogP contribution >= 0.6 is 0 Å². The molecule has 0 bridgehead atoms. The van der Waals surface area contributed by atoms with Crippen LogP contribution in [-0.4, -0.2) is 45.8 Å². The van der Waals surface area contributed by atoms with Gasteiger partial charge in [-0.3, -0.25) is 4.90 Å². The maximum Gasteiger partial charge on any atom is 0.222 e. The first-order valence-corrected chi connectivity index (χ1v) is 8.92. The summed E-state index contributed by atoms with van der Waals surface area (Å²) in [4.78, 5) is 10.8. The minimum Gasteiger partial charge on any atom is -0.378 e. The number of aliphatic hydroxyl groups is 1. The summed E-state index contributed by atoms with van der Waals surface area (Å²) in [6.45, 7) is 6.84. The molecule has 0 radical (unpaired) electrons. The van der Waals surface area contributed by atoms with E-state index in [9.17, 15) is 5.11 Å². The van der Waals surface area contributed by atoms with Crippen LogP contribution in [0.15, 0.2) is 24.3 Å². The Labute approximate surface area is 149 Å². The van der Waals surface area contributed by atoms with Gasteiger partial charge < -0.3 is 16.2 Å². The van der Waals surface area contributed by atoms with E-state index < -0.39 is 0 Å². The fraction of sp³-hybridized carbons (Fsp3) is 0.474. The highest BCUT2D eigenvalue weighted by Gasteiger charge is 2.20. The van der Waals surface area contributed by atoms with Crippen molar-refractivity contribution >= 4 is 11.8 Å². The molecule has 1 atom stereocenters. The number of nitrogens with one attached hydrogen (secondary N) is 1. The molecule has 134 valence electrons. The van der Waals surface area contributed by atoms with Gasteiger partial charge in [0.25, 0.3) is 0 Å². The molecule has 1 aromatic carbocycles. The number of nitrogens with zero attached hydrogens (tertiary/aromatic N) is 3. The molecular weight excluding hydrogens is 314 g/mol. The molecule has 1 aromatic heterocycles. The van der Waals surface area contributed by atoms with Crippen LogP contribution in [0, 0.1) is 13.8 Å². The molecule has 0 aliphatic carbocycles. The van der Waals surface area contributed by atoms with Crippen molar-refractivity contribution in [1.82, 2.24) is 14.9 Å². The third-order valence-corrected chi connectivity index (χ3v) is 4.88. The molecule has 2 aromatic rings. The fourth-order valence-corrected chi connectivity index (χ4v) is 3.29. The number of likely N-dealkylation sites (tertiary alicyclic amines) is 1. The largest absolute Gasteiger partial charge is 0.378 e. The standard InChI is InChI=1S/C19H27N5O/c1-13-6-3-7-15(14(13)2)16-12-17(23-19(20)22-16)21-9-5-11-24-10-4-8-18(24)25/h3,6-7,12,18,25H,4-5,8-11H2,1-2H3,(H3,20,21,22,23). The Bertz CT molecular complexity index is 734. The van der Waals surface area contributed by atoms with Crippen molar-refractivity contribution in [3.8, 4) is 11.3 Å². The highest BCUT2D eigenvalue weighted by Crippen LogP contribution is 2.26. The Morgan fingerprint density at radius 3 is 2.92 bits per heavy atom. The average Bonchev–Trinajstić information content (AvgIpc) is 2.99. The summed E-state index contributed by atoms with van der Waals surface area (Å²) in [6.07, 6.45) is 2.64. The molecule has 0 saturated carbocycles. The van der Waals surface area contributed by atoms with Crippen molar-refractivity contribution in [3.05, 3.63) is 35.4 Å². The Morgan fingerprint density at radius 1 is 1.32 bits per heavy atom. The van der Waals surface area contributed by atoms with Gasteiger partial charge in [0.2, 0.25) is 5.95 Å². The van der Waals surface area contributed by atoms with Crippen molar-refractivity contribution < 1.29 is 5.11 Å². The van der Waals surface area contributed by atoms with Crippen LogP contribution in [-0.2, 0) is 0 Å². The van der Waals surface area contributed by atoms with Crippen LogP contribution in [0.5, 0.6) is 0 Å². The van der Waals surface area contributed by atoms with Gasteiger partial charge in [0.15, 0.2) is 0 Å². The van der Waals surface area contributed by atoms with Crippen molar-refractivity contribution in [2.45, 2.75) is 39.3 Å². The summed E-state index contributed by atoms with van der Waals surface area (Å²) < 4.78 is 0. The maximum absolute atomic E-state index is 9.82. The SMILES string of the molecule is Cc1cccc(-c2cc(NCCCN3CCCC3O)nc(N)n2)c1C. The summed E-state index contributed by atoms with van der Waals surface area (Å²) in [5.41, 5.74) is 10.3. The molecule has 2 heterocycles. The Kier molecular flexibility index (Phi) is 5.50. The third-order valence-electron chi connectivity index (χ3n) is 4.88. The summed E-state index contributed by atoms with van der Waals surface area (Å²) in [5, 5.41) is 13.1. The molecule has 1 aliphatic heterocycles. The number of nitrogen functional groups attached to an aromatic ring is 1. The lowest BCUT2D eigenvalue weighted by Gasteiger charge is -2.19. The first-order valence-electron chi connectivity index (χ1n) is 8.92. The fourth-order valence-electron chi connectivity index (χ4n) is 3.29. The van der Waals surface area contributed by atoms with Gasteiger partial charge in [0.05, 0.1) is 5.69 Å². The molecule has 25 heavy (non-hydrogen) atoms. The number of rotatable bonds is 6. The molecular formula is C19H27N5O. The van der Waals surface area contributed by atoms with Crippen LogP contribution in [0.2, 0.25) is 0 Å². The topological polar surface area (TPSA) is 87.3 Å². The first-order chi connectivity index (χ1) is 12.0. The maximum atomic E-state index is 9.82. The van der Waals surface area contributed by atoms with Gasteiger partial charge in [-0.15, -0.1) is 0 Å². The van der Waals surface area contributed by atoms with E-state index in [1.54, 1.807) is 0 Å². The second-order valence-electron chi connectivity index (χ2n) is 6.68. The smallest absolute Gasteiger partial charge is 0.222 e. The van der Waals surface area contributed by atoms with E-state index in [0.717, 1.165) is 56.0 Å². The van der Waals surface area contributed by atoms with Crippen LogP contribution in [0.4, 0.5) is 11.8 Å². The Balaban J connectivity index is 1.64. The van der Waals surface area contributed by atoms with Crippen molar-refractivity contribution in [3.63, 3.8) is 0 Å². The van der Waals surface area contributed by atoms with Crippen molar-refractivity contribution in [2.75, 3.05) is 30.7 Å². The molecule has 3 rings (SSSR count). The minimum absolute atomic E-state index is 0.273. The lowest BCUT2D eigenvalue weighted by Crippen LogP contribution is -2.30. The number of hydrogen-bond donors (Lipinski definition) is 3. The first kappa shape index (κ1) is 17.6. The summed E-state index contributed by atoms with van der Waals surface area (Å²) in [5.74, 6) is 1.02. The second kappa shape index (κ2) is 7.80. The molecule has 1 unspecified atom stereocenters. The number of aromatic nitrogens is 2. The number of nitrogens with two attached hydrogens (primary N) is 1. The molecule has 4 N–H and O–H groups in total. The highest BCUT2D eigenvalue weighted by molar-refractivity contribution is 5.68. The normalized spacial score (nSPS) is 17.8. The van der Waals surface area contributed by atoms with Gasteiger partial charge in [-0.1, -0.05) is 18.2 Å². The van der Waals surface area contributed by atoms with Gasteiger partial charge in [-0.25, -0.2) is 4.98 Å². The van der Waals surface area contributed by atoms with E-state index in [1.807, 2.05) is 12.1 Å². The van der Waals surface area contributed by atoms with Crippen molar-refractivity contribution in [1.29, 1.82) is 0 Å². The number of aliphatic hydroxyl groups excluding tert-OH is 1. The number of aryl methyl sites for hydroxylation is 1. The molecule has 0 spiro atoms. The predicted octanol–water partition coefficient (Wildman–Crippen LogP) is 2.56. The van der Waals surface area contributed by atoms with Crippen LogP contribution in [0.25, 0.3) is 11.3 Å². The van der Waals surface area contributed by atoms with Gasteiger partial charge in [-0.05, 0) is 44.2 Å². The number of hydrogen-bond acceptors (Lipinski definition) is 6. The van der Waals surface area contributed by atoms with E-state index in [1.165, 1.54) is 11.1 Å². The van der Waals surface area contributed by atoms with Crippen LogP contribution in [0.1, 0.15) is 30.4 Å². The zero-order valence-corrected chi connectivity index (χ0v) is 15.0.